The predicted molar refractivity (Wildman–Crippen MR) is 52.7 cm³/mol. The maximum atomic E-state index is 3.86. The second-order valence-corrected chi connectivity index (χ2v) is 1.39. The number of nitrogens with zero attached hydrogens (tertiary/aromatic N) is 2. The van der Waals surface area contributed by atoms with E-state index in [1.54, 1.807) is 12.5 Å². The molecule has 68 valence electrons. The summed E-state index contributed by atoms with van der Waals surface area (Å²) in [5.74, 6) is 0. The molecule has 0 aliphatic carbocycles. The summed E-state index contributed by atoms with van der Waals surface area (Å²) >= 11 is 0. The lowest BCUT2D eigenvalue weighted by Crippen LogP contribution is -1.85. The van der Waals surface area contributed by atoms with Crippen LogP contribution >= 0.6 is 0 Å². The van der Waals surface area contributed by atoms with Gasteiger partial charge in [0.05, 0.1) is 6.33 Å². The molecule has 0 saturated heterocycles. The van der Waals surface area contributed by atoms with Crippen LogP contribution < -0.4 is 0 Å². The molecule has 0 aromatic carbocycles. The Balaban J connectivity index is -0.000000149. The highest BCUT2D eigenvalue weighted by Gasteiger charge is 1.77. The van der Waals surface area contributed by atoms with Gasteiger partial charge in [0.2, 0.25) is 0 Å². The van der Waals surface area contributed by atoms with E-state index >= 15 is 0 Å². The van der Waals surface area contributed by atoms with Gasteiger partial charge in [-0.15, -0.1) is 0 Å². The number of imidazole rings is 1. The lowest BCUT2D eigenvalue weighted by Gasteiger charge is -1.87. The first kappa shape index (κ1) is 16.7. The van der Waals surface area contributed by atoms with Crippen LogP contribution in [0.3, 0.4) is 0 Å². The summed E-state index contributed by atoms with van der Waals surface area (Å²) in [7, 11) is 0. The summed E-state index contributed by atoms with van der Waals surface area (Å²) in [4.78, 5) is 3.86. The van der Waals surface area contributed by atoms with Crippen molar-refractivity contribution in [3.8, 4) is 0 Å². The highest BCUT2D eigenvalue weighted by molar-refractivity contribution is 4.72. The molecular weight excluding hydrogens is 136 g/mol. The molecule has 0 aliphatic heterocycles. The second kappa shape index (κ2) is 11.9. The average Bonchev–Trinajstić information content (AvgIpc) is 2.43. The summed E-state index contributed by atoms with van der Waals surface area (Å²) in [5, 5.41) is 0. The van der Waals surface area contributed by atoms with Crippen molar-refractivity contribution in [3.05, 3.63) is 18.7 Å². The van der Waals surface area contributed by atoms with Crippen molar-refractivity contribution in [2.24, 2.45) is 0 Å². The lowest BCUT2D eigenvalue weighted by atomic mass is 10.7. The Labute approximate surface area is 71.3 Å². The fraction of sp³-hybridized carbons (Fsp3) is 0.667. The first-order valence-electron chi connectivity index (χ1n) is 3.39. The number of hydrogen-bond donors (Lipinski definition) is 0. The molecule has 0 unspecified atom stereocenters. The smallest absolute Gasteiger partial charge is 0.0945 e. The van der Waals surface area contributed by atoms with E-state index < -0.39 is 0 Å². The van der Waals surface area contributed by atoms with E-state index in [1.165, 1.54) is 0 Å². The summed E-state index contributed by atoms with van der Waals surface area (Å²) < 4.78 is 2.01. The number of aryl methyl sites for hydroxylation is 1. The second-order valence-electron chi connectivity index (χ2n) is 1.39. The van der Waals surface area contributed by atoms with Crippen molar-refractivity contribution in [1.29, 1.82) is 0 Å². The molecule has 0 N–H and O–H groups in total. The van der Waals surface area contributed by atoms with Crippen LogP contribution in [-0.2, 0) is 6.54 Å². The normalized spacial score (nSPS) is 6.45. The molecule has 2 heteroatoms. The summed E-state index contributed by atoms with van der Waals surface area (Å²) in [6.45, 7) is 7.10. The molecule has 1 heterocycles. The maximum absolute atomic E-state index is 3.86. The minimum absolute atomic E-state index is 0. The molecule has 0 radical (unpaired) electrons. The Morgan fingerprint density at radius 1 is 1.27 bits per heavy atom. The zero-order chi connectivity index (χ0) is 7.11. The highest BCUT2D eigenvalue weighted by Crippen LogP contribution is 1.81. The van der Waals surface area contributed by atoms with Gasteiger partial charge in [0.15, 0.2) is 0 Å². The van der Waals surface area contributed by atoms with Gasteiger partial charge in [-0.3, -0.25) is 0 Å². The number of hydrogen-bond acceptors (Lipinski definition) is 1. The molecule has 11 heavy (non-hydrogen) atoms. The van der Waals surface area contributed by atoms with Gasteiger partial charge < -0.3 is 4.57 Å². The van der Waals surface area contributed by atoms with E-state index in [2.05, 4.69) is 11.9 Å². The van der Waals surface area contributed by atoms with E-state index in [0.717, 1.165) is 6.54 Å². The standard InChI is InChI=1S/C5H8N2.C2H6.2CH4/c1-2-7-4-3-6-5-7;1-2;;/h3-5H,2H2,1H3;1-2H3;2*1H4. The van der Waals surface area contributed by atoms with E-state index in [9.17, 15) is 0 Å². The Morgan fingerprint density at radius 3 is 2.00 bits per heavy atom. The third kappa shape index (κ3) is 7.10. The van der Waals surface area contributed by atoms with E-state index in [0.29, 0.717) is 0 Å². The van der Waals surface area contributed by atoms with Crippen LogP contribution in [-0.4, -0.2) is 9.55 Å². The van der Waals surface area contributed by atoms with Crippen LogP contribution in [0, 0.1) is 0 Å². The zero-order valence-electron chi connectivity index (χ0n) is 6.33. The SMILES string of the molecule is C.C.CC.CCn1ccnc1. The van der Waals surface area contributed by atoms with Crippen LogP contribution in [0.25, 0.3) is 0 Å². The van der Waals surface area contributed by atoms with Gasteiger partial charge in [-0.05, 0) is 6.92 Å². The van der Waals surface area contributed by atoms with Crippen molar-refractivity contribution in [2.45, 2.75) is 42.2 Å². The minimum Gasteiger partial charge on any atom is -0.338 e. The molecule has 0 bridgehead atoms. The molecule has 1 rings (SSSR count). The fourth-order valence-electron chi connectivity index (χ4n) is 0.474. The molecule has 0 saturated carbocycles. The molecule has 0 aliphatic rings. The molecule has 1 aromatic rings. The van der Waals surface area contributed by atoms with Crippen molar-refractivity contribution < 1.29 is 0 Å². The first-order chi connectivity index (χ1) is 4.43. The molecule has 0 spiro atoms. The average molecular weight is 158 g/mol. The monoisotopic (exact) mass is 158 g/mol. The fourth-order valence-corrected chi connectivity index (χ4v) is 0.474. The summed E-state index contributed by atoms with van der Waals surface area (Å²) in [5.41, 5.74) is 0. The van der Waals surface area contributed by atoms with Crippen molar-refractivity contribution in [2.75, 3.05) is 0 Å². The van der Waals surface area contributed by atoms with E-state index in [1.807, 2.05) is 24.6 Å². The highest BCUT2D eigenvalue weighted by atomic mass is 15.0. The zero-order valence-corrected chi connectivity index (χ0v) is 6.33. The predicted octanol–water partition coefficient (Wildman–Crippen LogP) is 3.20. The van der Waals surface area contributed by atoms with E-state index in [-0.39, 0.29) is 14.9 Å². The molecule has 2 nitrogen and oxygen atoms in total. The lowest BCUT2D eigenvalue weighted by molar-refractivity contribution is 0.761. The quantitative estimate of drug-likeness (QED) is 0.613. The van der Waals surface area contributed by atoms with Crippen molar-refractivity contribution >= 4 is 0 Å². The van der Waals surface area contributed by atoms with Gasteiger partial charge >= 0.3 is 0 Å². The van der Waals surface area contributed by atoms with Crippen LogP contribution in [0.15, 0.2) is 18.7 Å². The van der Waals surface area contributed by atoms with Gasteiger partial charge in [0.1, 0.15) is 0 Å². The van der Waals surface area contributed by atoms with Gasteiger partial charge in [-0.2, -0.15) is 0 Å². The molecule has 0 atom stereocenters. The Bertz CT molecular complexity index is 122. The first-order valence-corrected chi connectivity index (χ1v) is 3.39. The van der Waals surface area contributed by atoms with Crippen LogP contribution in [0.2, 0.25) is 0 Å². The molecule has 0 fully saturated rings. The minimum atomic E-state index is 0. The molecule has 0 amide bonds. The van der Waals surface area contributed by atoms with Crippen molar-refractivity contribution in [3.63, 3.8) is 0 Å². The number of rotatable bonds is 1. The van der Waals surface area contributed by atoms with Gasteiger partial charge in [-0.1, -0.05) is 28.7 Å². The van der Waals surface area contributed by atoms with Gasteiger partial charge in [0, 0.05) is 18.9 Å². The third-order valence-electron chi connectivity index (χ3n) is 0.924. The largest absolute Gasteiger partial charge is 0.338 e. The third-order valence-corrected chi connectivity index (χ3v) is 0.924. The summed E-state index contributed by atoms with van der Waals surface area (Å²) in [6, 6.07) is 0. The van der Waals surface area contributed by atoms with Gasteiger partial charge in [-0.25, -0.2) is 4.98 Å². The Kier molecular flexibility index (Phi) is 18.1. The molecule has 1 aromatic heterocycles. The van der Waals surface area contributed by atoms with Gasteiger partial charge in [0.25, 0.3) is 0 Å². The Hall–Kier alpha value is -0.790. The molecular formula is C9H22N2. The Morgan fingerprint density at radius 2 is 1.82 bits per heavy atom. The topological polar surface area (TPSA) is 17.8 Å². The van der Waals surface area contributed by atoms with E-state index in [4.69, 9.17) is 0 Å². The van der Waals surface area contributed by atoms with Crippen LogP contribution in [0.4, 0.5) is 0 Å². The maximum Gasteiger partial charge on any atom is 0.0945 e. The number of aromatic nitrogens is 2. The van der Waals surface area contributed by atoms with Crippen molar-refractivity contribution in [1.82, 2.24) is 9.55 Å². The van der Waals surface area contributed by atoms with Crippen LogP contribution in [0.5, 0.6) is 0 Å². The van der Waals surface area contributed by atoms with Crippen LogP contribution in [0.1, 0.15) is 35.6 Å². The summed E-state index contributed by atoms with van der Waals surface area (Å²) in [6.07, 6.45) is 5.53.